The molecule has 4 nitrogen and oxygen atoms in total. The molecule has 0 spiro atoms. The van der Waals surface area contributed by atoms with Crippen LogP contribution in [0.5, 0.6) is 0 Å². The predicted molar refractivity (Wildman–Crippen MR) is 65.8 cm³/mol. The minimum Gasteiger partial charge on any atom is -0.356 e. The summed E-state index contributed by atoms with van der Waals surface area (Å²) in [4.78, 5) is 18.0. The molecule has 0 saturated carbocycles. The summed E-state index contributed by atoms with van der Waals surface area (Å²) in [6, 6.07) is 0. The number of H-pyrrole nitrogens is 1. The lowest BCUT2D eigenvalue weighted by Gasteiger charge is -2.02. The monoisotopic (exact) mass is 223 g/mol. The van der Waals surface area contributed by atoms with Crippen LogP contribution in [0.15, 0.2) is 6.20 Å². The van der Waals surface area contributed by atoms with Crippen LogP contribution in [-0.2, 0) is 0 Å². The molecule has 90 valence electrons. The average Bonchev–Trinajstić information content (AvgIpc) is 2.72. The summed E-state index contributed by atoms with van der Waals surface area (Å²) in [5.74, 6) is 0.712. The molecule has 0 aliphatic carbocycles. The number of ketones is 1. The Hall–Kier alpha value is -1.32. The Morgan fingerprint density at radius 1 is 1.38 bits per heavy atom. The number of aromatic amines is 1. The summed E-state index contributed by atoms with van der Waals surface area (Å²) < 4.78 is 0. The third kappa shape index (κ3) is 4.47. The van der Waals surface area contributed by atoms with Gasteiger partial charge in [0, 0.05) is 13.5 Å². The highest BCUT2D eigenvalue weighted by atomic mass is 16.1. The Balaban J connectivity index is 2.14. The van der Waals surface area contributed by atoms with Crippen LogP contribution in [0, 0.1) is 0 Å². The standard InChI is InChI=1S/C12H21N3O/c1-3-4-5-6-7-8-13-12-14-9-11(15-12)10(2)16/h9H,3-8H2,1-2H3,(H2,13,14,15). The molecule has 0 fully saturated rings. The van der Waals surface area contributed by atoms with Crippen molar-refractivity contribution in [2.24, 2.45) is 0 Å². The molecule has 1 heterocycles. The second-order valence-corrected chi connectivity index (χ2v) is 4.04. The Morgan fingerprint density at radius 2 is 2.12 bits per heavy atom. The number of unbranched alkanes of at least 4 members (excludes halogenated alkanes) is 4. The van der Waals surface area contributed by atoms with Crippen LogP contribution >= 0.6 is 0 Å². The van der Waals surface area contributed by atoms with Crippen LogP contribution in [0.1, 0.15) is 56.4 Å². The first-order chi connectivity index (χ1) is 7.74. The second-order valence-electron chi connectivity index (χ2n) is 4.04. The van der Waals surface area contributed by atoms with E-state index in [4.69, 9.17) is 0 Å². The number of nitrogens with one attached hydrogen (secondary N) is 2. The lowest BCUT2D eigenvalue weighted by molar-refractivity contribution is 0.101. The molecular weight excluding hydrogens is 202 g/mol. The third-order valence-corrected chi connectivity index (χ3v) is 2.53. The zero-order chi connectivity index (χ0) is 11.8. The molecule has 4 heteroatoms. The van der Waals surface area contributed by atoms with E-state index >= 15 is 0 Å². The first-order valence-corrected chi connectivity index (χ1v) is 6.04. The van der Waals surface area contributed by atoms with Gasteiger partial charge < -0.3 is 10.3 Å². The average molecular weight is 223 g/mol. The van der Waals surface area contributed by atoms with Crippen molar-refractivity contribution in [1.82, 2.24) is 9.97 Å². The van der Waals surface area contributed by atoms with Crippen molar-refractivity contribution in [3.05, 3.63) is 11.9 Å². The number of anilines is 1. The fourth-order valence-electron chi connectivity index (χ4n) is 1.53. The van der Waals surface area contributed by atoms with E-state index in [1.54, 1.807) is 6.20 Å². The molecule has 0 amide bonds. The van der Waals surface area contributed by atoms with Crippen molar-refractivity contribution >= 4 is 11.7 Å². The molecule has 1 aromatic rings. The molecule has 0 atom stereocenters. The maximum Gasteiger partial charge on any atom is 0.200 e. The van der Waals surface area contributed by atoms with Gasteiger partial charge in [0.25, 0.3) is 0 Å². The molecule has 0 aliphatic heterocycles. The van der Waals surface area contributed by atoms with Gasteiger partial charge in [-0.2, -0.15) is 0 Å². The van der Waals surface area contributed by atoms with E-state index in [0.29, 0.717) is 11.6 Å². The van der Waals surface area contributed by atoms with Crippen LogP contribution in [0.2, 0.25) is 0 Å². The van der Waals surface area contributed by atoms with Gasteiger partial charge in [0.05, 0.1) is 6.20 Å². The van der Waals surface area contributed by atoms with Gasteiger partial charge in [0.1, 0.15) is 5.69 Å². The molecular formula is C12H21N3O. The molecule has 0 bridgehead atoms. The lowest BCUT2D eigenvalue weighted by Crippen LogP contribution is -2.03. The van der Waals surface area contributed by atoms with Crippen molar-refractivity contribution in [1.29, 1.82) is 0 Å². The summed E-state index contributed by atoms with van der Waals surface area (Å²) in [7, 11) is 0. The summed E-state index contributed by atoms with van der Waals surface area (Å²) >= 11 is 0. The van der Waals surface area contributed by atoms with E-state index in [2.05, 4.69) is 22.2 Å². The van der Waals surface area contributed by atoms with Gasteiger partial charge in [0.15, 0.2) is 5.78 Å². The summed E-state index contributed by atoms with van der Waals surface area (Å²) in [6.45, 7) is 4.65. The van der Waals surface area contributed by atoms with Crippen LogP contribution in [0.4, 0.5) is 5.95 Å². The van der Waals surface area contributed by atoms with E-state index < -0.39 is 0 Å². The number of aromatic nitrogens is 2. The Bertz CT molecular complexity index is 320. The van der Waals surface area contributed by atoms with E-state index in [1.165, 1.54) is 32.6 Å². The summed E-state index contributed by atoms with van der Waals surface area (Å²) in [5.41, 5.74) is 0.563. The Labute approximate surface area is 96.9 Å². The third-order valence-electron chi connectivity index (χ3n) is 2.53. The van der Waals surface area contributed by atoms with E-state index in [9.17, 15) is 4.79 Å². The van der Waals surface area contributed by atoms with Crippen LogP contribution in [0.3, 0.4) is 0 Å². The highest BCUT2D eigenvalue weighted by molar-refractivity contribution is 5.92. The molecule has 0 radical (unpaired) electrons. The Morgan fingerprint density at radius 3 is 2.75 bits per heavy atom. The number of nitrogens with zero attached hydrogens (tertiary/aromatic N) is 1. The van der Waals surface area contributed by atoms with Gasteiger partial charge in [0.2, 0.25) is 5.95 Å². The predicted octanol–water partition coefficient (Wildman–Crippen LogP) is 2.99. The first-order valence-electron chi connectivity index (χ1n) is 6.04. The van der Waals surface area contributed by atoms with Gasteiger partial charge >= 0.3 is 0 Å². The summed E-state index contributed by atoms with van der Waals surface area (Å²) in [6.07, 6.45) is 7.86. The van der Waals surface area contributed by atoms with Gasteiger partial charge in [-0.1, -0.05) is 32.6 Å². The fraction of sp³-hybridized carbons (Fsp3) is 0.667. The van der Waals surface area contributed by atoms with Crippen molar-refractivity contribution < 1.29 is 4.79 Å². The highest BCUT2D eigenvalue weighted by Gasteiger charge is 2.03. The molecule has 1 rings (SSSR count). The molecule has 2 N–H and O–H groups in total. The zero-order valence-corrected chi connectivity index (χ0v) is 10.2. The maximum atomic E-state index is 11.0. The van der Waals surface area contributed by atoms with Crippen LogP contribution in [-0.4, -0.2) is 22.3 Å². The van der Waals surface area contributed by atoms with E-state index in [0.717, 1.165) is 13.0 Å². The number of carbonyl (C=O) groups is 1. The second kappa shape index (κ2) is 7.04. The van der Waals surface area contributed by atoms with Crippen molar-refractivity contribution in [2.75, 3.05) is 11.9 Å². The molecule has 1 aromatic heterocycles. The van der Waals surface area contributed by atoms with Crippen LogP contribution < -0.4 is 5.32 Å². The first kappa shape index (κ1) is 12.7. The zero-order valence-electron chi connectivity index (χ0n) is 10.2. The molecule has 16 heavy (non-hydrogen) atoms. The number of carbonyl (C=O) groups excluding carboxylic acids is 1. The number of Topliss-reactive ketones (excluding diaryl/α,β-unsaturated/α-hetero) is 1. The molecule has 0 saturated heterocycles. The highest BCUT2D eigenvalue weighted by Crippen LogP contribution is 2.05. The fourth-order valence-corrected chi connectivity index (χ4v) is 1.53. The van der Waals surface area contributed by atoms with Gasteiger partial charge in [-0.15, -0.1) is 0 Å². The lowest BCUT2D eigenvalue weighted by atomic mass is 10.1. The van der Waals surface area contributed by atoms with Crippen molar-refractivity contribution in [3.8, 4) is 0 Å². The summed E-state index contributed by atoms with van der Waals surface area (Å²) in [5, 5.41) is 3.18. The van der Waals surface area contributed by atoms with E-state index in [-0.39, 0.29) is 5.78 Å². The number of hydrogen-bond acceptors (Lipinski definition) is 3. The van der Waals surface area contributed by atoms with Gasteiger partial charge in [-0.05, 0) is 6.42 Å². The Kier molecular flexibility index (Phi) is 5.61. The topological polar surface area (TPSA) is 57.8 Å². The minimum absolute atomic E-state index is 0.0171. The number of rotatable bonds is 8. The number of imidazole rings is 1. The van der Waals surface area contributed by atoms with Gasteiger partial charge in [-0.3, -0.25) is 4.79 Å². The molecule has 0 aromatic carbocycles. The molecule has 0 aliphatic rings. The van der Waals surface area contributed by atoms with Crippen molar-refractivity contribution in [2.45, 2.75) is 46.0 Å². The molecule has 0 unspecified atom stereocenters. The van der Waals surface area contributed by atoms with Crippen molar-refractivity contribution in [3.63, 3.8) is 0 Å². The van der Waals surface area contributed by atoms with Crippen LogP contribution in [0.25, 0.3) is 0 Å². The minimum atomic E-state index is 0.0171. The SMILES string of the molecule is CCCCCCCNc1ncc(C(C)=O)[nH]1. The largest absolute Gasteiger partial charge is 0.356 e. The van der Waals surface area contributed by atoms with E-state index in [1.807, 2.05) is 0 Å². The smallest absolute Gasteiger partial charge is 0.200 e. The van der Waals surface area contributed by atoms with Gasteiger partial charge in [-0.25, -0.2) is 4.98 Å². The quantitative estimate of drug-likeness (QED) is 0.526. The maximum absolute atomic E-state index is 11.0. The normalized spacial score (nSPS) is 10.4. The number of hydrogen-bond donors (Lipinski definition) is 2.